The summed E-state index contributed by atoms with van der Waals surface area (Å²) in [5, 5.41) is 13.1. The molecule has 0 saturated carbocycles. The predicted octanol–water partition coefficient (Wildman–Crippen LogP) is 0.0985. The highest BCUT2D eigenvalue weighted by Crippen LogP contribution is 2.14. The molecule has 1 aromatic rings. The Morgan fingerprint density at radius 3 is 2.77 bits per heavy atom. The Kier molecular flexibility index (Phi) is 2.99. The maximum atomic E-state index is 11.0. The number of amides is 1. The molecular weight excluding hydrogens is 192 g/mol. The standard InChI is InChI=1S/C7H8N2O3S/c8-5(7(11)12)6(10)9-4-2-1-3-13-4/h1-3,5H,8H2,(H,9,10)(H,11,12). The molecule has 0 fully saturated rings. The second-order valence-corrected chi connectivity index (χ2v) is 3.23. The Bertz CT molecular complexity index is 310. The summed E-state index contributed by atoms with van der Waals surface area (Å²) < 4.78 is 0. The third-order valence-electron chi connectivity index (χ3n) is 1.32. The number of hydrogen-bond acceptors (Lipinski definition) is 4. The maximum Gasteiger partial charge on any atom is 0.330 e. The molecule has 1 aromatic heterocycles. The average Bonchev–Trinajstić information content (AvgIpc) is 2.55. The van der Waals surface area contributed by atoms with E-state index in [1.807, 2.05) is 0 Å². The number of rotatable bonds is 3. The van der Waals surface area contributed by atoms with Gasteiger partial charge in [-0.2, -0.15) is 0 Å². The molecule has 1 unspecified atom stereocenters. The average molecular weight is 200 g/mol. The van der Waals surface area contributed by atoms with Crippen LogP contribution in [-0.2, 0) is 9.59 Å². The summed E-state index contributed by atoms with van der Waals surface area (Å²) >= 11 is 1.30. The van der Waals surface area contributed by atoms with Crippen molar-refractivity contribution in [1.82, 2.24) is 0 Å². The summed E-state index contributed by atoms with van der Waals surface area (Å²) in [7, 11) is 0. The number of aliphatic carboxylic acids is 1. The third kappa shape index (κ3) is 2.53. The Hall–Kier alpha value is -1.40. The smallest absolute Gasteiger partial charge is 0.330 e. The van der Waals surface area contributed by atoms with Crippen LogP contribution >= 0.6 is 11.3 Å². The lowest BCUT2D eigenvalue weighted by atomic mass is 10.3. The molecule has 0 radical (unpaired) electrons. The van der Waals surface area contributed by atoms with Crippen molar-refractivity contribution in [3.8, 4) is 0 Å². The number of carbonyl (C=O) groups is 2. The summed E-state index contributed by atoms with van der Waals surface area (Å²) in [6.45, 7) is 0. The second-order valence-electron chi connectivity index (χ2n) is 2.28. The van der Waals surface area contributed by atoms with E-state index in [9.17, 15) is 9.59 Å². The molecule has 1 rings (SSSR count). The zero-order chi connectivity index (χ0) is 9.84. The van der Waals surface area contributed by atoms with Gasteiger partial charge in [0.2, 0.25) is 0 Å². The minimum atomic E-state index is -1.51. The topological polar surface area (TPSA) is 92.4 Å². The maximum absolute atomic E-state index is 11.0. The van der Waals surface area contributed by atoms with Gasteiger partial charge in [-0.1, -0.05) is 0 Å². The molecule has 1 amide bonds. The summed E-state index contributed by atoms with van der Waals surface area (Å²) in [5.74, 6) is -2.05. The first-order chi connectivity index (χ1) is 6.11. The van der Waals surface area contributed by atoms with Crippen LogP contribution in [0, 0.1) is 0 Å². The molecule has 0 bridgehead atoms. The van der Waals surface area contributed by atoms with Gasteiger partial charge in [0, 0.05) is 0 Å². The second kappa shape index (κ2) is 4.01. The number of hydrogen-bond donors (Lipinski definition) is 3. The van der Waals surface area contributed by atoms with Crippen LogP contribution in [-0.4, -0.2) is 23.0 Å². The van der Waals surface area contributed by atoms with Gasteiger partial charge in [0.25, 0.3) is 5.91 Å². The third-order valence-corrected chi connectivity index (χ3v) is 2.10. The molecule has 6 heteroatoms. The quantitative estimate of drug-likeness (QED) is 0.603. The van der Waals surface area contributed by atoms with Crippen molar-refractivity contribution in [2.24, 2.45) is 5.73 Å². The first kappa shape index (κ1) is 9.69. The minimum absolute atomic E-state index is 0.585. The number of thiophene rings is 1. The molecule has 0 aliphatic carbocycles. The normalized spacial score (nSPS) is 12.1. The molecule has 0 aliphatic heterocycles. The van der Waals surface area contributed by atoms with Crippen LogP contribution in [0.2, 0.25) is 0 Å². The number of carboxylic acid groups (broad SMARTS) is 1. The predicted molar refractivity (Wildman–Crippen MR) is 48.6 cm³/mol. The fraction of sp³-hybridized carbons (Fsp3) is 0.143. The highest BCUT2D eigenvalue weighted by atomic mass is 32.1. The van der Waals surface area contributed by atoms with E-state index in [1.165, 1.54) is 11.3 Å². The molecule has 0 saturated heterocycles. The van der Waals surface area contributed by atoms with Crippen LogP contribution in [0.25, 0.3) is 0 Å². The Morgan fingerprint density at radius 1 is 1.62 bits per heavy atom. The van der Waals surface area contributed by atoms with Crippen molar-refractivity contribution in [2.75, 3.05) is 5.32 Å². The van der Waals surface area contributed by atoms with E-state index in [1.54, 1.807) is 17.5 Å². The van der Waals surface area contributed by atoms with Crippen molar-refractivity contribution < 1.29 is 14.7 Å². The molecule has 5 nitrogen and oxygen atoms in total. The van der Waals surface area contributed by atoms with Crippen molar-refractivity contribution in [1.29, 1.82) is 0 Å². The number of carbonyl (C=O) groups excluding carboxylic acids is 1. The minimum Gasteiger partial charge on any atom is -0.480 e. The molecule has 1 atom stereocenters. The van der Waals surface area contributed by atoms with E-state index in [-0.39, 0.29) is 0 Å². The van der Waals surface area contributed by atoms with E-state index < -0.39 is 17.9 Å². The van der Waals surface area contributed by atoms with E-state index in [4.69, 9.17) is 10.8 Å². The molecular formula is C7H8N2O3S. The lowest BCUT2D eigenvalue weighted by molar-refractivity contribution is -0.141. The monoisotopic (exact) mass is 200 g/mol. The largest absolute Gasteiger partial charge is 0.480 e. The van der Waals surface area contributed by atoms with Crippen LogP contribution in [0.4, 0.5) is 5.00 Å². The Labute approximate surface area is 78.2 Å². The Morgan fingerprint density at radius 2 is 2.31 bits per heavy atom. The van der Waals surface area contributed by atoms with Crippen molar-refractivity contribution >= 4 is 28.2 Å². The first-order valence-corrected chi connectivity index (χ1v) is 4.32. The number of nitrogens with two attached hydrogens (primary N) is 1. The summed E-state index contributed by atoms with van der Waals surface area (Å²) in [6, 6.07) is 1.89. The van der Waals surface area contributed by atoms with Gasteiger partial charge in [-0.15, -0.1) is 11.3 Å². The summed E-state index contributed by atoms with van der Waals surface area (Å²) in [4.78, 5) is 21.3. The number of nitrogens with one attached hydrogen (secondary N) is 1. The van der Waals surface area contributed by atoms with Crippen molar-refractivity contribution in [3.05, 3.63) is 17.5 Å². The van der Waals surface area contributed by atoms with Gasteiger partial charge in [0.1, 0.15) is 0 Å². The molecule has 0 aliphatic rings. The van der Waals surface area contributed by atoms with Crippen LogP contribution in [0.1, 0.15) is 0 Å². The number of carboxylic acids is 1. The number of anilines is 1. The zero-order valence-corrected chi connectivity index (χ0v) is 7.38. The van der Waals surface area contributed by atoms with Crippen molar-refractivity contribution in [3.63, 3.8) is 0 Å². The molecule has 70 valence electrons. The first-order valence-electron chi connectivity index (χ1n) is 3.44. The van der Waals surface area contributed by atoms with Gasteiger partial charge < -0.3 is 16.2 Å². The highest BCUT2D eigenvalue weighted by Gasteiger charge is 2.21. The highest BCUT2D eigenvalue weighted by molar-refractivity contribution is 7.14. The van der Waals surface area contributed by atoms with Gasteiger partial charge in [-0.25, -0.2) is 4.79 Å². The van der Waals surface area contributed by atoms with Crippen LogP contribution in [0.3, 0.4) is 0 Å². The van der Waals surface area contributed by atoms with Gasteiger partial charge in [-0.05, 0) is 17.5 Å². The Balaban J connectivity index is 2.56. The van der Waals surface area contributed by atoms with E-state index >= 15 is 0 Å². The zero-order valence-electron chi connectivity index (χ0n) is 6.56. The molecule has 13 heavy (non-hydrogen) atoms. The fourth-order valence-corrected chi connectivity index (χ4v) is 1.28. The summed E-state index contributed by atoms with van der Waals surface area (Å²) in [5.41, 5.74) is 5.07. The fourth-order valence-electron chi connectivity index (χ4n) is 0.661. The van der Waals surface area contributed by atoms with Crippen LogP contribution < -0.4 is 11.1 Å². The van der Waals surface area contributed by atoms with E-state index in [0.29, 0.717) is 5.00 Å². The molecule has 4 N–H and O–H groups in total. The van der Waals surface area contributed by atoms with Gasteiger partial charge in [0.15, 0.2) is 6.04 Å². The summed E-state index contributed by atoms with van der Waals surface area (Å²) in [6.07, 6.45) is 0. The lowest BCUT2D eigenvalue weighted by Gasteiger charge is -2.05. The van der Waals surface area contributed by atoms with Crippen LogP contribution in [0.15, 0.2) is 17.5 Å². The SMILES string of the molecule is NC(C(=O)O)C(=O)Nc1cccs1. The molecule has 0 aromatic carbocycles. The van der Waals surface area contributed by atoms with Gasteiger partial charge in [-0.3, -0.25) is 4.79 Å². The lowest BCUT2D eigenvalue weighted by Crippen LogP contribution is -2.42. The van der Waals surface area contributed by atoms with Gasteiger partial charge >= 0.3 is 5.97 Å². The van der Waals surface area contributed by atoms with Crippen molar-refractivity contribution in [2.45, 2.75) is 6.04 Å². The van der Waals surface area contributed by atoms with Crippen LogP contribution in [0.5, 0.6) is 0 Å². The van der Waals surface area contributed by atoms with Gasteiger partial charge in [0.05, 0.1) is 5.00 Å². The molecule has 1 heterocycles. The van der Waals surface area contributed by atoms with E-state index in [2.05, 4.69) is 5.32 Å². The van der Waals surface area contributed by atoms with E-state index in [0.717, 1.165) is 0 Å². The molecule has 0 spiro atoms.